The standard InChI is InChI=1S/C21H27N5O3S/c27-21(15-17-3-1-2-4-17)24-18-5-7-19(8-6-18)30(28,29)26-13-11-25(12-14-26)20-16-22-9-10-23-20/h5-10,16-17H,1-4,11-15H2,(H,24,27). The van der Waals surface area contributed by atoms with Crippen LogP contribution in [-0.4, -0.2) is 54.8 Å². The fraction of sp³-hybridized carbons (Fsp3) is 0.476. The second-order valence-electron chi connectivity index (χ2n) is 7.88. The highest BCUT2D eigenvalue weighted by Crippen LogP contribution is 2.28. The smallest absolute Gasteiger partial charge is 0.243 e. The first-order valence-electron chi connectivity index (χ1n) is 10.4. The van der Waals surface area contributed by atoms with Gasteiger partial charge in [0.2, 0.25) is 15.9 Å². The van der Waals surface area contributed by atoms with Crippen LogP contribution in [-0.2, 0) is 14.8 Å². The second kappa shape index (κ2) is 9.09. The molecule has 30 heavy (non-hydrogen) atoms. The van der Waals surface area contributed by atoms with Crippen molar-refractivity contribution in [2.45, 2.75) is 37.0 Å². The first-order chi connectivity index (χ1) is 14.5. The molecule has 2 aliphatic rings. The van der Waals surface area contributed by atoms with Crippen LogP contribution in [0.1, 0.15) is 32.1 Å². The van der Waals surface area contributed by atoms with Crippen molar-refractivity contribution >= 4 is 27.4 Å². The molecule has 4 rings (SSSR count). The first-order valence-corrected chi connectivity index (χ1v) is 11.9. The van der Waals surface area contributed by atoms with E-state index in [9.17, 15) is 13.2 Å². The summed E-state index contributed by atoms with van der Waals surface area (Å²) in [6.45, 7) is 1.90. The molecule has 1 N–H and O–H groups in total. The van der Waals surface area contributed by atoms with E-state index in [1.165, 1.54) is 17.1 Å². The number of anilines is 2. The van der Waals surface area contributed by atoms with Gasteiger partial charge in [0.1, 0.15) is 5.82 Å². The van der Waals surface area contributed by atoms with Gasteiger partial charge in [0.15, 0.2) is 0 Å². The number of carbonyl (C=O) groups is 1. The SMILES string of the molecule is O=C(CC1CCCC1)Nc1ccc(S(=O)(=O)N2CCN(c3cnccn3)CC2)cc1. The number of sulfonamides is 1. The number of benzene rings is 1. The van der Waals surface area contributed by atoms with Gasteiger partial charge in [-0.25, -0.2) is 13.4 Å². The zero-order valence-corrected chi connectivity index (χ0v) is 17.7. The Hall–Kier alpha value is -2.52. The van der Waals surface area contributed by atoms with Crippen LogP contribution in [0.15, 0.2) is 47.8 Å². The maximum absolute atomic E-state index is 13.0. The summed E-state index contributed by atoms with van der Waals surface area (Å²) in [6.07, 6.45) is 10.1. The van der Waals surface area contributed by atoms with Crippen molar-refractivity contribution in [1.29, 1.82) is 0 Å². The first kappa shape index (κ1) is 20.7. The molecule has 0 spiro atoms. The molecule has 1 amide bonds. The van der Waals surface area contributed by atoms with Crippen LogP contribution in [0.5, 0.6) is 0 Å². The lowest BCUT2D eigenvalue weighted by molar-refractivity contribution is -0.117. The molecular formula is C21H27N5O3S. The molecule has 2 aromatic rings. The lowest BCUT2D eigenvalue weighted by Crippen LogP contribution is -2.48. The molecule has 9 heteroatoms. The largest absolute Gasteiger partial charge is 0.353 e. The number of hydrogen-bond donors (Lipinski definition) is 1. The normalized spacial score (nSPS) is 18.5. The lowest BCUT2D eigenvalue weighted by atomic mass is 10.0. The highest BCUT2D eigenvalue weighted by molar-refractivity contribution is 7.89. The van der Waals surface area contributed by atoms with Gasteiger partial charge in [-0.1, -0.05) is 12.8 Å². The number of piperazine rings is 1. The third-order valence-electron chi connectivity index (χ3n) is 5.84. The summed E-state index contributed by atoms with van der Waals surface area (Å²) in [5, 5.41) is 2.88. The van der Waals surface area contributed by atoms with Gasteiger partial charge in [0, 0.05) is 50.7 Å². The molecular weight excluding hydrogens is 402 g/mol. The second-order valence-corrected chi connectivity index (χ2v) is 9.82. The third-order valence-corrected chi connectivity index (χ3v) is 7.75. The van der Waals surface area contributed by atoms with Crippen LogP contribution in [0, 0.1) is 5.92 Å². The van der Waals surface area contributed by atoms with Gasteiger partial charge in [0.05, 0.1) is 11.1 Å². The number of nitrogens with one attached hydrogen (secondary N) is 1. The van der Waals surface area contributed by atoms with E-state index >= 15 is 0 Å². The maximum atomic E-state index is 13.0. The minimum Gasteiger partial charge on any atom is -0.353 e. The van der Waals surface area contributed by atoms with Crippen LogP contribution >= 0.6 is 0 Å². The van der Waals surface area contributed by atoms with Crippen molar-refractivity contribution < 1.29 is 13.2 Å². The topological polar surface area (TPSA) is 95.5 Å². The van der Waals surface area contributed by atoms with Gasteiger partial charge in [-0.2, -0.15) is 4.31 Å². The quantitative estimate of drug-likeness (QED) is 0.758. The fourth-order valence-corrected chi connectivity index (χ4v) is 5.58. The molecule has 0 unspecified atom stereocenters. The highest BCUT2D eigenvalue weighted by atomic mass is 32.2. The zero-order chi connectivity index (χ0) is 21.0. The van der Waals surface area contributed by atoms with Gasteiger partial charge in [-0.05, 0) is 43.0 Å². The Morgan fingerprint density at radius 2 is 1.73 bits per heavy atom. The van der Waals surface area contributed by atoms with Crippen molar-refractivity contribution in [2.24, 2.45) is 5.92 Å². The summed E-state index contributed by atoms with van der Waals surface area (Å²) in [5.41, 5.74) is 0.629. The van der Waals surface area contributed by atoms with E-state index in [0.717, 1.165) is 18.7 Å². The molecule has 0 bridgehead atoms. The van der Waals surface area contributed by atoms with Gasteiger partial charge in [-0.15, -0.1) is 0 Å². The number of nitrogens with zero attached hydrogens (tertiary/aromatic N) is 4. The summed E-state index contributed by atoms with van der Waals surface area (Å²) in [7, 11) is -3.57. The predicted molar refractivity (Wildman–Crippen MR) is 115 cm³/mol. The van der Waals surface area contributed by atoms with Crippen LogP contribution in [0.2, 0.25) is 0 Å². The minimum absolute atomic E-state index is 0.00218. The Morgan fingerprint density at radius 3 is 2.37 bits per heavy atom. The molecule has 1 saturated heterocycles. The number of carbonyl (C=O) groups excluding carboxylic acids is 1. The van der Waals surface area contributed by atoms with Crippen LogP contribution in [0.25, 0.3) is 0 Å². The third kappa shape index (κ3) is 4.79. The van der Waals surface area contributed by atoms with Crippen LogP contribution < -0.4 is 10.2 Å². The van der Waals surface area contributed by atoms with E-state index in [1.54, 1.807) is 42.9 Å². The summed E-state index contributed by atoms with van der Waals surface area (Å²) < 4.78 is 27.5. The van der Waals surface area contributed by atoms with E-state index < -0.39 is 10.0 Å². The molecule has 2 fully saturated rings. The molecule has 0 atom stereocenters. The molecule has 8 nitrogen and oxygen atoms in total. The highest BCUT2D eigenvalue weighted by Gasteiger charge is 2.29. The van der Waals surface area contributed by atoms with E-state index in [-0.39, 0.29) is 10.8 Å². The molecule has 1 aromatic heterocycles. The average molecular weight is 430 g/mol. The molecule has 2 heterocycles. The molecule has 1 aliphatic heterocycles. The predicted octanol–water partition coefficient (Wildman–Crippen LogP) is 2.51. The number of amides is 1. The van der Waals surface area contributed by atoms with Gasteiger partial charge >= 0.3 is 0 Å². The Kier molecular flexibility index (Phi) is 6.29. The van der Waals surface area contributed by atoms with E-state index in [2.05, 4.69) is 15.3 Å². The van der Waals surface area contributed by atoms with E-state index in [0.29, 0.717) is 44.2 Å². The van der Waals surface area contributed by atoms with Crippen molar-refractivity contribution in [2.75, 3.05) is 36.4 Å². The Bertz CT molecular complexity index is 952. The van der Waals surface area contributed by atoms with Crippen molar-refractivity contribution in [1.82, 2.24) is 14.3 Å². The zero-order valence-electron chi connectivity index (χ0n) is 16.9. The lowest BCUT2D eigenvalue weighted by Gasteiger charge is -2.34. The van der Waals surface area contributed by atoms with E-state index in [4.69, 9.17) is 0 Å². The van der Waals surface area contributed by atoms with Gasteiger partial charge in [0.25, 0.3) is 0 Å². The number of aromatic nitrogens is 2. The van der Waals surface area contributed by atoms with E-state index in [1.807, 2.05) is 4.90 Å². The van der Waals surface area contributed by atoms with Crippen LogP contribution in [0.4, 0.5) is 11.5 Å². The fourth-order valence-electron chi connectivity index (χ4n) is 4.16. The summed E-state index contributed by atoms with van der Waals surface area (Å²) in [5.74, 6) is 1.23. The monoisotopic (exact) mass is 429 g/mol. The number of hydrogen-bond acceptors (Lipinski definition) is 6. The molecule has 1 saturated carbocycles. The maximum Gasteiger partial charge on any atom is 0.243 e. The molecule has 160 valence electrons. The molecule has 1 aromatic carbocycles. The Balaban J connectivity index is 1.34. The molecule has 1 aliphatic carbocycles. The Morgan fingerprint density at radius 1 is 1.03 bits per heavy atom. The summed E-state index contributed by atoms with van der Waals surface area (Å²) >= 11 is 0. The van der Waals surface area contributed by atoms with Crippen LogP contribution in [0.3, 0.4) is 0 Å². The number of rotatable bonds is 6. The summed E-state index contributed by atoms with van der Waals surface area (Å²) in [6, 6.07) is 6.45. The molecule has 0 radical (unpaired) electrons. The Labute approximate surface area is 177 Å². The van der Waals surface area contributed by atoms with Gasteiger partial charge in [-0.3, -0.25) is 9.78 Å². The average Bonchev–Trinajstić information content (AvgIpc) is 3.28. The van der Waals surface area contributed by atoms with Crippen molar-refractivity contribution in [3.8, 4) is 0 Å². The minimum atomic E-state index is -3.57. The van der Waals surface area contributed by atoms with Crippen molar-refractivity contribution in [3.63, 3.8) is 0 Å². The summed E-state index contributed by atoms with van der Waals surface area (Å²) in [4.78, 5) is 22.8. The van der Waals surface area contributed by atoms with Gasteiger partial charge < -0.3 is 10.2 Å². The van der Waals surface area contributed by atoms with Crippen molar-refractivity contribution in [3.05, 3.63) is 42.9 Å².